The monoisotopic (exact) mass is 498 g/mol. The number of esters is 1. The minimum atomic E-state index is -0.630. The van der Waals surface area contributed by atoms with Crippen LogP contribution in [-0.2, 0) is 25.8 Å². The molecule has 0 aliphatic carbocycles. The van der Waals surface area contributed by atoms with Gasteiger partial charge in [0.2, 0.25) is 0 Å². The number of nitrogens with zero attached hydrogens (tertiary/aromatic N) is 2. The third kappa shape index (κ3) is 5.28. The van der Waals surface area contributed by atoms with Crippen molar-refractivity contribution in [3.8, 4) is 0 Å². The summed E-state index contributed by atoms with van der Waals surface area (Å²) < 4.78 is 19.6. The molecule has 8 heteroatoms. The number of rotatable bonds is 7. The zero-order chi connectivity index (χ0) is 20.7. The Hall–Kier alpha value is -2.49. The Labute approximate surface area is 176 Å². The van der Waals surface area contributed by atoms with Crippen molar-refractivity contribution in [2.45, 2.75) is 20.5 Å². The molecular formula is C20H20FIN2O4. The van der Waals surface area contributed by atoms with E-state index in [-0.39, 0.29) is 18.1 Å². The Kier molecular flexibility index (Phi) is 7.91. The lowest BCUT2D eigenvalue weighted by Crippen LogP contribution is -2.20. The van der Waals surface area contributed by atoms with E-state index in [0.29, 0.717) is 22.4 Å². The molecule has 0 N–H and O–H groups in total. The van der Waals surface area contributed by atoms with Crippen molar-refractivity contribution in [1.82, 2.24) is 0 Å². The second-order valence-electron chi connectivity index (χ2n) is 5.79. The van der Waals surface area contributed by atoms with Gasteiger partial charge in [-0.25, -0.2) is 9.18 Å². The minimum Gasteiger partial charge on any atom is -0.464 e. The molecule has 0 radical (unpaired) electrons. The van der Waals surface area contributed by atoms with Crippen LogP contribution in [0.5, 0.6) is 0 Å². The number of hydrogen-bond donors (Lipinski definition) is 0. The van der Waals surface area contributed by atoms with Crippen LogP contribution in [0.4, 0.5) is 4.39 Å². The molecule has 0 aromatic heterocycles. The first-order valence-electron chi connectivity index (χ1n) is 8.29. The molecule has 28 heavy (non-hydrogen) atoms. The molecule has 0 aliphatic heterocycles. The van der Waals surface area contributed by atoms with Gasteiger partial charge in [-0.1, -0.05) is 28.5 Å². The van der Waals surface area contributed by atoms with Crippen molar-refractivity contribution in [3.63, 3.8) is 0 Å². The highest BCUT2D eigenvalue weighted by atomic mass is 127. The number of hydrogen-bond acceptors (Lipinski definition) is 6. The fourth-order valence-electron chi connectivity index (χ4n) is 2.53. The van der Waals surface area contributed by atoms with E-state index < -0.39 is 5.97 Å². The molecule has 2 aromatic carbocycles. The molecule has 0 bridgehead atoms. The Morgan fingerprint density at radius 2 is 1.89 bits per heavy atom. The van der Waals surface area contributed by atoms with Crippen molar-refractivity contribution >= 4 is 40.0 Å². The lowest BCUT2D eigenvalue weighted by atomic mass is 9.99. The zero-order valence-corrected chi connectivity index (χ0v) is 18.1. The van der Waals surface area contributed by atoms with Gasteiger partial charge < -0.3 is 14.4 Å². The highest BCUT2D eigenvalue weighted by molar-refractivity contribution is 14.1. The predicted molar refractivity (Wildman–Crippen MR) is 113 cm³/mol. The summed E-state index contributed by atoms with van der Waals surface area (Å²) in [6.07, 6.45) is 0. The number of benzene rings is 2. The summed E-state index contributed by atoms with van der Waals surface area (Å²) in [7, 11) is 2.61. The predicted octanol–water partition coefficient (Wildman–Crippen LogP) is 4.20. The molecule has 0 amide bonds. The van der Waals surface area contributed by atoms with Gasteiger partial charge in [0.1, 0.15) is 19.5 Å². The van der Waals surface area contributed by atoms with Gasteiger partial charge in [0.25, 0.3) is 0 Å². The zero-order valence-electron chi connectivity index (χ0n) is 16.0. The minimum absolute atomic E-state index is 0.0247. The van der Waals surface area contributed by atoms with Crippen LogP contribution >= 0.6 is 22.6 Å². The van der Waals surface area contributed by atoms with E-state index in [9.17, 15) is 9.18 Å². The van der Waals surface area contributed by atoms with Crippen molar-refractivity contribution in [1.29, 1.82) is 0 Å². The van der Waals surface area contributed by atoms with Crippen molar-refractivity contribution in [2.75, 3.05) is 14.2 Å². The number of methoxy groups -OCH3 is 1. The number of halogens is 2. The van der Waals surface area contributed by atoms with E-state index in [1.165, 1.54) is 20.3 Å². The maximum atomic E-state index is 14.1. The maximum Gasteiger partial charge on any atom is 0.360 e. The Balaban J connectivity index is 2.29. The van der Waals surface area contributed by atoms with Gasteiger partial charge in [0.15, 0.2) is 5.71 Å². The van der Waals surface area contributed by atoms with E-state index in [2.05, 4.69) is 10.3 Å². The summed E-state index contributed by atoms with van der Waals surface area (Å²) in [5, 5.41) is 7.80. The lowest BCUT2D eigenvalue weighted by Gasteiger charge is -2.12. The summed E-state index contributed by atoms with van der Waals surface area (Å²) in [5.41, 5.74) is 2.88. The van der Waals surface area contributed by atoms with Gasteiger partial charge in [-0.15, -0.1) is 0 Å². The second kappa shape index (κ2) is 10.2. The molecule has 0 fully saturated rings. The fraction of sp³-hybridized carbons (Fsp3) is 0.250. The smallest absolute Gasteiger partial charge is 0.360 e. The van der Waals surface area contributed by atoms with Crippen LogP contribution in [0.15, 0.2) is 46.7 Å². The molecule has 0 heterocycles. The van der Waals surface area contributed by atoms with E-state index >= 15 is 0 Å². The first-order chi connectivity index (χ1) is 13.4. The quantitative estimate of drug-likeness (QED) is 0.248. The Morgan fingerprint density at radius 1 is 1.14 bits per heavy atom. The van der Waals surface area contributed by atoms with Gasteiger partial charge in [-0.2, -0.15) is 0 Å². The van der Waals surface area contributed by atoms with Crippen LogP contribution in [-0.4, -0.2) is 31.6 Å². The molecule has 2 aromatic rings. The first kappa shape index (κ1) is 21.8. The van der Waals surface area contributed by atoms with Crippen LogP contribution < -0.4 is 0 Å². The van der Waals surface area contributed by atoms with Crippen molar-refractivity contribution in [3.05, 3.63) is 68.0 Å². The summed E-state index contributed by atoms with van der Waals surface area (Å²) in [6.45, 7) is 3.60. The van der Waals surface area contributed by atoms with Crippen molar-refractivity contribution < 1.29 is 23.6 Å². The van der Waals surface area contributed by atoms with Gasteiger partial charge in [-0.3, -0.25) is 0 Å². The van der Waals surface area contributed by atoms with Gasteiger partial charge in [-0.05, 0) is 60.2 Å². The number of carbonyl (C=O) groups is 1. The highest BCUT2D eigenvalue weighted by Gasteiger charge is 2.20. The van der Waals surface area contributed by atoms with Gasteiger partial charge in [0, 0.05) is 20.3 Å². The topological polar surface area (TPSA) is 69.5 Å². The molecule has 0 aliphatic rings. The average molecular weight is 498 g/mol. The molecule has 2 rings (SSSR count). The van der Waals surface area contributed by atoms with Crippen LogP contribution in [0.3, 0.4) is 0 Å². The number of oxime groups is 2. The van der Waals surface area contributed by atoms with E-state index in [0.717, 1.165) is 9.13 Å². The molecule has 148 valence electrons. The maximum absolute atomic E-state index is 14.1. The van der Waals surface area contributed by atoms with Crippen molar-refractivity contribution in [2.24, 2.45) is 10.3 Å². The first-order valence-corrected chi connectivity index (χ1v) is 9.37. The highest BCUT2D eigenvalue weighted by Crippen LogP contribution is 2.19. The normalized spacial score (nSPS) is 11.9. The van der Waals surface area contributed by atoms with Crippen LogP contribution in [0.2, 0.25) is 0 Å². The summed E-state index contributed by atoms with van der Waals surface area (Å²) in [4.78, 5) is 22.3. The Morgan fingerprint density at radius 3 is 2.54 bits per heavy atom. The van der Waals surface area contributed by atoms with Crippen LogP contribution in [0, 0.1) is 16.3 Å². The molecule has 0 saturated heterocycles. The van der Waals surface area contributed by atoms with E-state index in [1.807, 2.05) is 35.6 Å². The van der Waals surface area contributed by atoms with E-state index in [1.54, 1.807) is 31.2 Å². The van der Waals surface area contributed by atoms with Gasteiger partial charge in [0.05, 0.1) is 12.8 Å². The molecule has 0 atom stereocenters. The lowest BCUT2D eigenvalue weighted by molar-refractivity contribution is -0.132. The Bertz CT molecular complexity index is 928. The van der Waals surface area contributed by atoms with E-state index in [4.69, 9.17) is 14.4 Å². The summed E-state index contributed by atoms with van der Waals surface area (Å²) in [5.74, 6) is -0.997. The number of carbonyl (C=O) groups excluding carboxylic acids is 1. The third-order valence-electron chi connectivity index (χ3n) is 3.96. The van der Waals surface area contributed by atoms with Crippen LogP contribution in [0.25, 0.3) is 0 Å². The molecule has 0 unspecified atom stereocenters. The molecule has 0 spiro atoms. The second-order valence-corrected chi connectivity index (χ2v) is 7.04. The molecular weight excluding hydrogens is 478 g/mol. The fourth-order valence-corrected chi connectivity index (χ4v) is 2.98. The summed E-state index contributed by atoms with van der Waals surface area (Å²) in [6, 6.07) is 10.3. The van der Waals surface area contributed by atoms with Crippen LogP contribution in [0.1, 0.15) is 29.2 Å². The number of ether oxygens (including phenoxy) is 1. The SMILES string of the molecule is CO/N=C(/C(=O)OC)c1cccc(C)c1CO/N=C(\C)c1ccc(I)cc1F. The third-order valence-corrected chi connectivity index (χ3v) is 4.63. The van der Waals surface area contributed by atoms with Gasteiger partial charge >= 0.3 is 5.97 Å². The molecule has 0 saturated carbocycles. The largest absolute Gasteiger partial charge is 0.464 e. The standard InChI is InChI=1S/C20H20FIN2O4/c1-12-6-5-7-16(19(24-27-4)20(25)26-3)17(12)11-28-23-13(2)15-9-8-14(22)10-18(15)21/h5-10H,11H2,1-4H3/b23-13+,24-19+. The summed E-state index contributed by atoms with van der Waals surface area (Å²) >= 11 is 2.04. The molecule has 6 nitrogen and oxygen atoms in total. The number of aryl methyl sites for hydroxylation is 1. The average Bonchev–Trinajstić information content (AvgIpc) is 2.66.